The molecule has 6 heteroatoms. The van der Waals surface area contributed by atoms with Crippen LogP contribution < -0.4 is 16.0 Å². The van der Waals surface area contributed by atoms with Crippen LogP contribution in [0.3, 0.4) is 0 Å². The molecule has 0 saturated carbocycles. The summed E-state index contributed by atoms with van der Waals surface area (Å²) in [4.78, 5) is 22.3. The Morgan fingerprint density at radius 1 is 1.24 bits per heavy atom. The van der Waals surface area contributed by atoms with Crippen LogP contribution in [0.2, 0.25) is 0 Å². The summed E-state index contributed by atoms with van der Waals surface area (Å²) >= 11 is 5.38. The minimum atomic E-state index is -0.290. The molecule has 0 aliphatic heterocycles. The molecule has 0 bridgehead atoms. The Hall–Kier alpha value is -1.75. The van der Waals surface area contributed by atoms with Crippen molar-refractivity contribution in [3.63, 3.8) is 0 Å². The summed E-state index contributed by atoms with van der Waals surface area (Å²) in [5, 5.41) is 7.84. The van der Waals surface area contributed by atoms with E-state index < -0.39 is 0 Å². The van der Waals surface area contributed by atoms with E-state index in [1.165, 1.54) is 0 Å². The van der Waals surface area contributed by atoms with E-state index in [9.17, 15) is 9.59 Å². The molecule has 3 N–H and O–H groups in total. The SMILES string of the molecule is CCNC(=O)Nc1cccc(NC(=O)CCl)c1. The summed E-state index contributed by atoms with van der Waals surface area (Å²) < 4.78 is 0. The fourth-order valence-corrected chi connectivity index (χ4v) is 1.27. The zero-order valence-corrected chi connectivity index (χ0v) is 10.2. The van der Waals surface area contributed by atoms with E-state index in [2.05, 4.69) is 16.0 Å². The van der Waals surface area contributed by atoms with E-state index in [0.717, 1.165) is 0 Å². The molecule has 0 radical (unpaired) electrons. The number of hydrogen-bond acceptors (Lipinski definition) is 2. The molecule has 3 amide bonds. The maximum atomic E-state index is 11.3. The van der Waals surface area contributed by atoms with Gasteiger partial charge in [0, 0.05) is 17.9 Å². The normalized spacial score (nSPS) is 9.53. The number of urea groups is 1. The minimum absolute atomic E-state index is 0.103. The van der Waals surface area contributed by atoms with Crippen molar-refractivity contribution in [2.45, 2.75) is 6.92 Å². The van der Waals surface area contributed by atoms with Crippen molar-refractivity contribution in [1.82, 2.24) is 5.32 Å². The first-order chi connectivity index (χ1) is 8.15. The Bertz CT molecular complexity index is 409. The van der Waals surface area contributed by atoms with E-state index in [0.29, 0.717) is 17.9 Å². The van der Waals surface area contributed by atoms with E-state index in [-0.39, 0.29) is 17.8 Å². The second-order valence-electron chi connectivity index (χ2n) is 3.25. The summed E-state index contributed by atoms with van der Waals surface area (Å²) in [5.74, 6) is -0.393. The third-order valence-corrected chi connectivity index (χ3v) is 2.11. The smallest absolute Gasteiger partial charge is 0.319 e. The lowest BCUT2D eigenvalue weighted by Gasteiger charge is -2.08. The molecule has 0 aliphatic carbocycles. The van der Waals surface area contributed by atoms with Crippen molar-refractivity contribution in [2.75, 3.05) is 23.1 Å². The molecule has 0 atom stereocenters. The summed E-state index contributed by atoms with van der Waals surface area (Å²) in [7, 11) is 0. The number of nitrogens with one attached hydrogen (secondary N) is 3. The van der Waals surface area contributed by atoms with Crippen LogP contribution in [0.15, 0.2) is 24.3 Å². The average Bonchev–Trinajstić information content (AvgIpc) is 2.29. The molecular formula is C11H14ClN3O2. The molecule has 0 aromatic heterocycles. The Balaban J connectivity index is 2.65. The van der Waals surface area contributed by atoms with E-state index >= 15 is 0 Å². The number of rotatable bonds is 4. The number of benzene rings is 1. The topological polar surface area (TPSA) is 70.2 Å². The van der Waals surface area contributed by atoms with Gasteiger partial charge in [-0.15, -0.1) is 11.6 Å². The first kappa shape index (κ1) is 13.3. The highest BCUT2D eigenvalue weighted by Crippen LogP contribution is 2.14. The monoisotopic (exact) mass is 255 g/mol. The lowest BCUT2D eigenvalue weighted by molar-refractivity contribution is -0.113. The van der Waals surface area contributed by atoms with Gasteiger partial charge < -0.3 is 16.0 Å². The Morgan fingerprint density at radius 3 is 2.47 bits per heavy atom. The van der Waals surface area contributed by atoms with Crippen molar-refractivity contribution in [3.8, 4) is 0 Å². The van der Waals surface area contributed by atoms with Crippen LogP contribution >= 0.6 is 11.6 Å². The molecule has 1 aromatic rings. The van der Waals surface area contributed by atoms with Gasteiger partial charge in [-0.05, 0) is 25.1 Å². The molecular weight excluding hydrogens is 242 g/mol. The highest BCUT2D eigenvalue weighted by atomic mass is 35.5. The van der Waals surface area contributed by atoms with Crippen molar-refractivity contribution >= 4 is 34.9 Å². The maximum absolute atomic E-state index is 11.3. The summed E-state index contributed by atoms with van der Waals surface area (Å²) in [5.41, 5.74) is 1.19. The lowest BCUT2D eigenvalue weighted by atomic mass is 10.3. The second-order valence-corrected chi connectivity index (χ2v) is 3.51. The van der Waals surface area contributed by atoms with Gasteiger partial charge in [-0.25, -0.2) is 4.79 Å². The molecule has 0 unspecified atom stereocenters. The molecule has 0 saturated heterocycles. The fraction of sp³-hybridized carbons (Fsp3) is 0.273. The quantitative estimate of drug-likeness (QED) is 0.721. The van der Waals surface area contributed by atoms with Crippen LogP contribution in [0, 0.1) is 0 Å². The molecule has 17 heavy (non-hydrogen) atoms. The van der Waals surface area contributed by atoms with Gasteiger partial charge in [-0.1, -0.05) is 6.07 Å². The molecule has 0 heterocycles. The van der Waals surface area contributed by atoms with Crippen LogP contribution in [0.4, 0.5) is 16.2 Å². The zero-order valence-electron chi connectivity index (χ0n) is 9.42. The number of anilines is 2. The van der Waals surface area contributed by atoms with Crippen molar-refractivity contribution in [1.29, 1.82) is 0 Å². The van der Waals surface area contributed by atoms with Gasteiger partial charge in [-0.3, -0.25) is 4.79 Å². The third-order valence-electron chi connectivity index (χ3n) is 1.86. The number of carbonyl (C=O) groups is 2. The second kappa shape index (κ2) is 6.75. The maximum Gasteiger partial charge on any atom is 0.319 e. The molecule has 1 aromatic carbocycles. The van der Waals surface area contributed by atoms with E-state index in [1.807, 2.05) is 6.92 Å². The molecule has 1 rings (SSSR count). The lowest BCUT2D eigenvalue weighted by Crippen LogP contribution is -2.28. The predicted octanol–water partition coefficient (Wildman–Crippen LogP) is 2.01. The van der Waals surface area contributed by atoms with Gasteiger partial charge >= 0.3 is 6.03 Å². The molecule has 0 fully saturated rings. The van der Waals surface area contributed by atoms with Gasteiger partial charge in [0.15, 0.2) is 0 Å². The van der Waals surface area contributed by atoms with Crippen molar-refractivity contribution in [3.05, 3.63) is 24.3 Å². The summed E-state index contributed by atoms with van der Waals surface area (Å²) in [6, 6.07) is 6.54. The molecule has 5 nitrogen and oxygen atoms in total. The molecule has 0 spiro atoms. The average molecular weight is 256 g/mol. The number of alkyl halides is 1. The summed E-state index contributed by atoms with van der Waals surface area (Å²) in [6.45, 7) is 2.38. The van der Waals surface area contributed by atoms with Crippen LogP contribution in [0.1, 0.15) is 6.92 Å². The molecule has 0 aliphatic rings. The molecule has 92 valence electrons. The standard InChI is InChI=1S/C11H14ClN3O2/c1-2-13-11(17)15-9-5-3-4-8(6-9)14-10(16)7-12/h3-6H,2,7H2,1H3,(H,14,16)(H2,13,15,17). The largest absolute Gasteiger partial charge is 0.338 e. The van der Waals surface area contributed by atoms with Crippen LogP contribution in [-0.2, 0) is 4.79 Å². The number of carbonyl (C=O) groups excluding carboxylic acids is 2. The van der Waals surface area contributed by atoms with Crippen molar-refractivity contribution in [2.24, 2.45) is 0 Å². The van der Waals surface area contributed by atoms with Crippen LogP contribution in [0.25, 0.3) is 0 Å². The number of hydrogen-bond donors (Lipinski definition) is 3. The summed E-state index contributed by atoms with van der Waals surface area (Å²) in [6.07, 6.45) is 0. The Morgan fingerprint density at radius 2 is 1.88 bits per heavy atom. The van der Waals surface area contributed by atoms with Gasteiger partial charge in [0.25, 0.3) is 0 Å². The van der Waals surface area contributed by atoms with E-state index in [1.54, 1.807) is 24.3 Å². The van der Waals surface area contributed by atoms with Crippen LogP contribution in [0.5, 0.6) is 0 Å². The van der Waals surface area contributed by atoms with Gasteiger partial charge in [0.1, 0.15) is 5.88 Å². The Labute approximate surface area is 105 Å². The third kappa shape index (κ3) is 4.74. The fourth-order valence-electron chi connectivity index (χ4n) is 1.20. The van der Waals surface area contributed by atoms with E-state index in [4.69, 9.17) is 11.6 Å². The van der Waals surface area contributed by atoms with Crippen molar-refractivity contribution < 1.29 is 9.59 Å². The van der Waals surface area contributed by atoms with Crippen LogP contribution in [-0.4, -0.2) is 24.4 Å². The Kier molecular flexibility index (Phi) is 5.29. The highest BCUT2D eigenvalue weighted by Gasteiger charge is 2.03. The number of halogens is 1. The minimum Gasteiger partial charge on any atom is -0.338 e. The highest BCUT2D eigenvalue weighted by molar-refractivity contribution is 6.29. The zero-order chi connectivity index (χ0) is 12.7. The first-order valence-corrected chi connectivity index (χ1v) is 5.70. The first-order valence-electron chi connectivity index (χ1n) is 5.16. The van der Waals surface area contributed by atoms with Gasteiger partial charge in [-0.2, -0.15) is 0 Å². The predicted molar refractivity (Wildman–Crippen MR) is 68.5 cm³/mol. The van der Waals surface area contributed by atoms with Gasteiger partial charge in [0.2, 0.25) is 5.91 Å². The van der Waals surface area contributed by atoms with Gasteiger partial charge in [0.05, 0.1) is 0 Å². The number of amides is 3.